The first-order valence-corrected chi connectivity index (χ1v) is 11.2. The zero-order chi connectivity index (χ0) is 22.9. The van der Waals surface area contributed by atoms with Gasteiger partial charge in [-0.25, -0.2) is 0 Å². The molecule has 0 aliphatic carbocycles. The van der Waals surface area contributed by atoms with E-state index in [2.05, 4.69) is 19.2 Å². The van der Waals surface area contributed by atoms with Gasteiger partial charge in [-0.1, -0.05) is 62.4 Å². The van der Waals surface area contributed by atoms with Gasteiger partial charge in [-0.15, -0.1) is 0 Å². The largest absolute Gasteiger partial charge is 0.378 e. The van der Waals surface area contributed by atoms with Crippen molar-refractivity contribution in [3.8, 4) is 17.2 Å². The van der Waals surface area contributed by atoms with Crippen LogP contribution in [0.2, 0.25) is 0 Å². The van der Waals surface area contributed by atoms with Gasteiger partial charge in [0.2, 0.25) is 11.8 Å². The Kier molecular flexibility index (Phi) is 8.41. The fourth-order valence-electron chi connectivity index (χ4n) is 3.96. The predicted octanol–water partition coefficient (Wildman–Crippen LogP) is 3.52. The molecule has 1 heterocycles. The van der Waals surface area contributed by atoms with Crippen LogP contribution >= 0.6 is 0 Å². The Balaban J connectivity index is 1.73. The first kappa shape index (κ1) is 23.5. The highest BCUT2D eigenvalue weighted by Gasteiger charge is 2.22. The van der Waals surface area contributed by atoms with Crippen LogP contribution in [0, 0.1) is 17.2 Å². The number of nitrogens with zero attached hydrogens (tertiary/aromatic N) is 2. The molecule has 1 fully saturated rings. The van der Waals surface area contributed by atoms with Crippen LogP contribution in [0.5, 0.6) is 0 Å². The zero-order valence-electron chi connectivity index (χ0n) is 18.8. The quantitative estimate of drug-likeness (QED) is 0.646. The molecule has 0 bridgehead atoms. The third-order valence-electron chi connectivity index (χ3n) is 5.66. The maximum atomic E-state index is 12.7. The monoisotopic (exact) mass is 433 g/mol. The normalized spacial score (nSPS) is 14.6. The predicted molar refractivity (Wildman–Crippen MR) is 124 cm³/mol. The number of carbonyl (C=O) groups is 2. The minimum Gasteiger partial charge on any atom is -0.378 e. The minimum atomic E-state index is -0.297. The molecule has 6 nitrogen and oxygen atoms in total. The van der Waals surface area contributed by atoms with Gasteiger partial charge in [0.15, 0.2) is 0 Å². The van der Waals surface area contributed by atoms with Gasteiger partial charge >= 0.3 is 0 Å². The average Bonchev–Trinajstić information content (AvgIpc) is 2.82. The van der Waals surface area contributed by atoms with Crippen molar-refractivity contribution in [1.82, 2.24) is 10.2 Å². The van der Waals surface area contributed by atoms with Gasteiger partial charge < -0.3 is 15.0 Å². The van der Waals surface area contributed by atoms with Crippen LogP contribution in [-0.4, -0.2) is 49.6 Å². The summed E-state index contributed by atoms with van der Waals surface area (Å²) in [5.41, 5.74) is 3.98. The van der Waals surface area contributed by atoms with Crippen LogP contribution in [0.4, 0.5) is 0 Å². The molecule has 0 radical (unpaired) electrons. The third kappa shape index (κ3) is 6.41. The van der Waals surface area contributed by atoms with Gasteiger partial charge in [0, 0.05) is 13.1 Å². The summed E-state index contributed by atoms with van der Waals surface area (Å²) in [5, 5.41) is 11.5. The number of hydrogen-bond acceptors (Lipinski definition) is 4. The summed E-state index contributed by atoms with van der Waals surface area (Å²) >= 11 is 0. The number of hydrogen-bond donors (Lipinski definition) is 1. The lowest BCUT2D eigenvalue weighted by Gasteiger charge is -2.26. The van der Waals surface area contributed by atoms with Crippen molar-refractivity contribution in [2.24, 2.45) is 5.92 Å². The first-order chi connectivity index (χ1) is 15.5. The Morgan fingerprint density at radius 1 is 1.09 bits per heavy atom. The molecule has 0 unspecified atom stereocenters. The molecular weight excluding hydrogens is 402 g/mol. The second-order valence-electron chi connectivity index (χ2n) is 8.55. The summed E-state index contributed by atoms with van der Waals surface area (Å²) in [6.45, 7) is 6.71. The van der Waals surface area contributed by atoms with Crippen molar-refractivity contribution >= 4 is 11.8 Å². The molecule has 1 saturated heterocycles. The summed E-state index contributed by atoms with van der Waals surface area (Å²) < 4.78 is 5.31. The number of ether oxygens (including phenoxy) is 1. The molecule has 0 spiro atoms. The van der Waals surface area contributed by atoms with Crippen molar-refractivity contribution < 1.29 is 14.3 Å². The van der Waals surface area contributed by atoms with E-state index in [0.29, 0.717) is 45.1 Å². The maximum Gasteiger partial charge on any atom is 0.228 e. The van der Waals surface area contributed by atoms with E-state index in [9.17, 15) is 9.59 Å². The Hall–Kier alpha value is -3.17. The third-order valence-corrected chi connectivity index (χ3v) is 5.66. The second kappa shape index (κ2) is 11.4. The number of carbonyl (C=O) groups excluding carboxylic acids is 2. The van der Waals surface area contributed by atoms with Gasteiger partial charge in [-0.3, -0.25) is 9.59 Å². The van der Waals surface area contributed by atoms with E-state index in [0.717, 1.165) is 22.3 Å². The average molecular weight is 434 g/mol. The van der Waals surface area contributed by atoms with Crippen LogP contribution in [-0.2, 0) is 20.7 Å². The first-order valence-electron chi connectivity index (χ1n) is 11.2. The van der Waals surface area contributed by atoms with E-state index >= 15 is 0 Å². The van der Waals surface area contributed by atoms with Gasteiger partial charge in [0.1, 0.15) is 6.54 Å². The zero-order valence-corrected chi connectivity index (χ0v) is 18.8. The Morgan fingerprint density at radius 2 is 1.81 bits per heavy atom. The highest BCUT2D eigenvalue weighted by atomic mass is 16.5. The molecule has 1 aliphatic rings. The minimum absolute atomic E-state index is 0.0117. The fourth-order valence-corrected chi connectivity index (χ4v) is 3.96. The number of rotatable bonds is 8. The van der Waals surface area contributed by atoms with Gasteiger partial charge in [-0.05, 0) is 34.6 Å². The molecule has 3 rings (SSSR count). The Bertz CT molecular complexity index is 957. The lowest BCUT2D eigenvalue weighted by molar-refractivity contribution is -0.134. The number of benzene rings is 2. The van der Waals surface area contributed by atoms with Gasteiger partial charge in [-0.2, -0.15) is 5.26 Å². The van der Waals surface area contributed by atoms with Crippen LogP contribution < -0.4 is 5.32 Å². The van der Waals surface area contributed by atoms with E-state index in [1.807, 2.05) is 59.5 Å². The van der Waals surface area contributed by atoms with Crippen molar-refractivity contribution in [3.05, 3.63) is 59.7 Å². The number of nitriles is 1. The lowest BCUT2D eigenvalue weighted by atomic mass is 9.88. The molecule has 32 heavy (non-hydrogen) atoms. The van der Waals surface area contributed by atoms with Gasteiger partial charge in [0.25, 0.3) is 0 Å². The van der Waals surface area contributed by atoms with E-state index in [-0.39, 0.29) is 24.3 Å². The highest BCUT2D eigenvalue weighted by molar-refractivity contribution is 5.84. The number of nitrogens with one attached hydrogen (secondary N) is 1. The van der Waals surface area contributed by atoms with Crippen molar-refractivity contribution in [2.45, 2.75) is 32.6 Å². The van der Waals surface area contributed by atoms with E-state index < -0.39 is 0 Å². The van der Waals surface area contributed by atoms with Gasteiger partial charge in [0.05, 0.1) is 31.6 Å². The summed E-state index contributed by atoms with van der Waals surface area (Å²) in [5.74, 6) is 0.0609. The SMILES string of the molecule is CC(C)C[C@@H](C(=O)NCC#N)c1cccc(-c2ccc(CC(=O)N3CCOCC3)cc2)c1. The molecule has 1 atom stereocenters. The molecule has 2 aromatic rings. The highest BCUT2D eigenvalue weighted by Crippen LogP contribution is 2.29. The van der Waals surface area contributed by atoms with Crippen molar-refractivity contribution in [3.63, 3.8) is 0 Å². The summed E-state index contributed by atoms with van der Waals surface area (Å²) in [6.07, 6.45) is 1.10. The molecule has 1 N–H and O–H groups in total. The van der Waals surface area contributed by atoms with Crippen LogP contribution in [0.1, 0.15) is 37.3 Å². The van der Waals surface area contributed by atoms with Crippen molar-refractivity contribution in [1.29, 1.82) is 5.26 Å². The second-order valence-corrected chi connectivity index (χ2v) is 8.55. The molecule has 0 saturated carbocycles. The van der Waals surface area contributed by atoms with Crippen LogP contribution in [0.25, 0.3) is 11.1 Å². The molecule has 1 aliphatic heterocycles. The smallest absolute Gasteiger partial charge is 0.228 e. The topological polar surface area (TPSA) is 82.4 Å². The van der Waals surface area contributed by atoms with Crippen molar-refractivity contribution in [2.75, 3.05) is 32.8 Å². The lowest BCUT2D eigenvalue weighted by Crippen LogP contribution is -2.41. The van der Waals surface area contributed by atoms with E-state index in [4.69, 9.17) is 10.00 Å². The molecule has 168 valence electrons. The molecular formula is C26H31N3O3. The Morgan fingerprint density at radius 3 is 2.47 bits per heavy atom. The van der Waals surface area contributed by atoms with Crippen LogP contribution in [0.3, 0.4) is 0 Å². The summed E-state index contributed by atoms with van der Waals surface area (Å²) in [7, 11) is 0. The van der Waals surface area contributed by atoms with E-state index in [1.54, 1.807) is 0 Å². The fraction of sp³-hybridized carbons (Fsp3) is 0.423. The summed E-state index contributed by atoms with van der Waals surface area (Å²) in [6, 6.07) is 18.0. The molecule has 6 heteroatoms. The number of amides is 2. The van der Waals surface area contributed by atoms with Crippen LogP contribution in [0.15, 0.2) is 48.5 Å². The van der Waals surface area contributed by atoms with E-state index in [1.165, 1.54) is 0 Å². The Labute approximate surface area is 190 Å². The summed E-state index contributed by atoms with van der Waals surface area (Å²) in [4.78, 5) is 27.0. The standard InChI is InChI=1S/C26H31N3O3/c1-19(2)16-24(26(31)28-11-10-27)23-5-3-4-22(18-23)21-8-6-20(7-9-21)17-25(30)29-12-14-32-15-13-29/h3-9,18-19,24H,11-17H2,1-2H3,(H,28,31)/t24-/m1/s1. The molecule has 2 amide bonds. The molecule has 2 aromatic carbocycles. The molecule has 0 aromatic heterocycles. The number of morpholine rings is 1. The maximum absolute atomic E-state index is 12.7.